The van der Waals surface area contributed by atoms with Crippen molar-refractivity contribution >= 4 is 10.1 Å². The van der Waals surface area contributed by atoms with Crippen molar-refractivity contribution in [1.29, 1.82) is 0 Å². The molecule has 1 aromatic carbocycles. The summed E-state index contributed by atoms with van der Waals surface area (Å²) in [5.41, 5.74) is 6.98. The van der Waals surface area contributed by atoms with E-state index in [0.29, 0.717) is 0 Å². The van der Waals surface area contributed by atoms with Crippen LogP contribution < -0.4 is 5.73 Å². The van der Waals surface area contributed by atoms with Gasteiger partial charge in [0.25, 0.3) is 10.1 Å². The summed E-state index contributed by atoms with van der Waals surface area (Å²) in [6, 6.07) is 5.99. The molecule has 3 N–H and O–H groups in total. The molecule has 0 saturated carbocycles. The van der Waals surface area contributed by atoms with Gasteiger partial charge in [-0.05, 0) is 39.3 Å². The molecule has 4 nitrogen and oxygen atoms in total. The standard InChI is InChI=1S/C20H43N.C7H8O3S/c1-4-5-6-7-8-9-10-11-12-13-14-15-16-17-18-19-20(2,3)21;1-6-2-4-7(5-3-6)11(8,9)10/h4-19,21H2,1-3H3;2-5H,1H3,(H,8,9,10). The van der Waals surface area contributed by atoms with Crippen LogP contribution in [0.2, 0.25) is 0 Å². The molecule has 1 rings (SSSR count). The zero-order valence-electron chi connectivity index (χ0n) is 21.4. The first-order valence-electron chi connectivity index (χ1n) is 12.9. The maximum atomic E-state index is 10.5. The van der Waals surface area contributed by atoms with E-state index in [0.717, 1.165) is 5.56 Å². The van der Waals surface area contributed by atoms with Crippen molar-refractivity contribution in [2.75, 3.05) is 0 Å². The molecule has 0 radical (unpaired) electrons. The van der Waals surface area contributed by atoms with Gasteiger partial charge in [0.1, 0.15) is 0 Å². The van der Waals surface area contributed by atoms with Gasteiger partial charge in [0.05, 0.1) is 4.90 Å². The van der Waals surface area contributed by atoms with Crippen LogP contribution in [0.15, 0.2) is 29.2 Å². The topological polar surface area (TPSA) is 80.4 Å². The summed E-state index contributed by atoms with van der Waals surface area (Å²) in [6.07, 6.45) is 22.7. The van der Waals surface area contributed by atoms with Gasteiger partial charge >= 0.3 is 0 Å². The highest BCUT2D eigenvalue weighted by atomic mass is 32.2. The van der Waals surface area contributed by atoms with Gasteiger partial charge < -0.3 is 5.73 Å². The van der Waals surface area contributed by atoms with Crippen LogP contribution >= 0.6 is 0 Å². The van der Waals surface area contributed by atoms with E-state index >= 15 is 0 Å². The average Bonchev–Trinajstić information content (AvgIpc) is 2.70. The zero-order valence-corrected chi connectivity index (χ0v) is 22.2. The molecule has 0 aliphatic carbocycles. The number of nitrogens with two attached hydrogens (primary N) is 1. The molecule has 0 bridgehead atoms. The van der Waals surface area contributed by atoms with E-state index in [1.54, 1.807) is 12.1 Å². The minimum atomic E-state index is -4.02. The Kier molecular flexibility index (Phi) is 18.0. The molecule has 0 atom stereocenters. The van der Waals surface area contributed by atoms with Crippen molar-refractivity contribution in [3.63, 3.8) is 0 Å². The van der Waals surface area contributed by atoms with Crippen LogP contribution in [0.1, 0.15) is 129 Å². The van der Waals surface area contributed by atoms with Crippen LogP contribution in [0.4, 0.5) is 0 Å². The Balaban J connectivity index is 0.000000726. The smallest absolute Gasteiger partial charge is 0.294 e. The first kappa shape index (κ1) is 31.1. The van der Waals surface area contributed by atoms with Gasteiger partial charge in [-0.2, -0.15) is 8.42 Å². The van der Waals surface area contributed by atoms with Gasteiger partial charge in [-0.3, -0.25) is 4.55 Å². The lowest BCUT2D eigenvalue weighted by Crippen LogP contribution is -2.31. The Morgan fingerprint density at radius 3 is 1.38 bits per heavy atom. The second-order valence-corrected chi connectivity index (χ2v) is 11.4. The van der Waals surface area contributed by atoms with Crippen LogP contribution in [0.5, 0.6) is 0 Å². The predicted octanol–water partition coefficient (Wildman–Crippen LogP) is 8.23. The Morgan fingerprint density at radius 2 is 1.06 bits per heavy atom. The van der Waals surface area contributed by atoms with Crippen LogP contribution in [0, 0.1) is 6.92 Å². The Hall–Kier alpha value is -0.910. The largest absolute Gasteiger partial charge is 0.326 e. The second-order valence-electron chi connectivity index (χ2n) is 9.98. The summed E-state index contributed by atoms with van der Waals surface area (Å²) in [7, 11) is -4.02. The molecule has 188 valence electrons. The van der Waals surface area contributed by atoms with Gasteiger partial charge in [-0.25, -0.2) is 0 Å². The number of aryl methyl sites for hydroxylation is 1. The Labute approximate surface area is 199 Å². The summed E-state index contributed by atoms with van der Waals surface area (Å²) >= 11 is 0. The van der Waals surface area contributed by atoms with Crippen LogP contribution in [-0.4, -0.2) is 18.5 Å². The van der Waals surface area contributed by atoms with Crippen LogP contribution in [0.25, 0.3) is 0 Å². The normalized spacial score (nSPS) is 11.8. The minimum Gasteiger partial charge on any atom is -0.326 e. The predicted molar refractivity (Wildman–Crippen MR) is 139 cm³/mol. The van der Waals surface area contributed by atoms with Gasteiger partial charge in [0, 0.05) is 5.54 Å². The van der Waals surface area contributed by atoms with Gasteiger partial charge in [0.2, 0.25) is 0 Å². The Bertz CT molecular complexity index is 648. The van der Waals surface area contributed by atoms with Crippen molar-refractivity contribution < 1.29 is 13.0 Å². The molecule has 0 spiro atoms. The van der Waals surface area contributed by atoms with E-state index in [4.69, 9.17) is 10.3 Å². The van der Waals surface area contributed by atoms with Crippen LogP contribution in [-0.2, 0) is 10.1 Å². The zero-order chi connectivity index (χ0) is 24.3. The third-order valence-corrected chi connectivity index (χ3v) is 6.61. The van der Waals surface area contributed by atoms with Crippen molar-refractivity contribution in [1.82, 2.24) is 0 Å². The molecule has 0 heterocycles. The summed E-state index contributed by atoms with van der Waals surface area (Å²) in [6.45, 7) is 8.40. The number of hydrogen-bond donors (Lipinski definition) is 2. The van der Waals surface area contributed by atoms with Gasteiger partial charge in [-0.1, -0.05) is 121 Å². The fourth-order valence-corrected chi connectivity index (χ4v) is 4.14. The monoisotopic (exact) mass is 469 g/mol. The number of unbranched alkanes of at least 4 members (excludes halogenated alkanes) is 14. The maximum Gasteiger partial charge on any atom is 0.294 e. The molecular weight excluding hydrogens is 418 g/mol. The molecule has 1 aromatic rings. The van der Waals surface area contributed by atoms with Gasteiger partial charge in [-0.15, -0.1) is 0 Å². The summed E-state index contributed by atoms with van der Waals surface area (Å²) in [5, 5.41) is 0. The van der Waals surface area contributed by atoms with E-state index in [1.165, 1.54) is 115 Å². The number of benzene rings is 1. The number of rotatable bonds is 17. The van der Waals surface area contributed by atoms with Crippen molar-refractivity contribution in [3.05, 3.63) is 29.8 Å². The summed E-state index contributed by atoms with van der Waals surface area (Å²) in [5.74, 6) is 0. The highest BCUT2D eigenvalue weighted by Gasteiger charge is 2.09. The molecule has 0 amide bonds. The third kappa shape index (κ3) is 21.0. The quantitative estimate of drug-likeness (QED) is 0.178. The molecule has 32 heavy (non-hydrogen) atoms. The highest BCUT2D eigenvalue weighted by molar-refractivity contribution is 7.85. The molecule has 0 unspecified atom stereocenters. The fourth-order valence-electron chi connectivity index (χ4n) is 3.66. The first-order chi connectivity index (χ1) is 15.1. The number of hydrogen-bond acceptors (Lipinski definition) is 3. The summed E-state index contributed by atoms with van der Waals surface area (Å²) in [4.78, 5) is -0.0666. The van der Waals surface area contributed by atoms with Crippen LogP contribution in [0.3, 0.4) is 0 Å². The molecule has 5 heteroatoms. The lowest BCUT2D eigenvalue weighted by Gasteiger charge is -2.17. The minimum absolute atomic E-state index is 0.0382. The Morgan fingerprint density at radius 1 is 0.719 bits per heavy atom. The van der Waals surface area contributed by atoms with E-state index in [2.05, 4.69) is 20.8 Å². The van der Waals surface area contributed by atoms with E-state index in [-0.39, 0.29) is 10.4 Å². The van der Waals surface area contributed by atoms with E-state index in [9.17, 15) is 8.42 Å². The van der Waals surface area contributed by atoms with Crippen molar-refractivity contribution in [2.24, 2.45) is 5.73 Å². The molecular formula is C27H51NO3S. The lowest BCUT2D eigenvalue weighted by molar-refractivity contribution is 0.440. The second kappa shape index (κ2) is 18.5. The van der Waals surface area contributed by atoms with E-state index in [1.807, 2.05) is 6.92 Å². The van der Waals surface area contributed by atoms with E-state index < -0.39 is 10.1 Å². The molecule has 0 aliphatic heterocycles. The first-order valence-corrected chi connectivity index (χ1v) is 14.3. The molecule has 0 aromatic heterocycles. The summed E-state index contributed by atoms with van der Waals surface area (Å²) < 4.78 is 29.6. The average molecular weight is 470 g/mol. The molecule has 0 fully saturated rings. The van der Waals surface area contributed by atoms with Crippen molar-refractivity contribution in [3.8, 4) is 0 Å². The SMILES string of the molecule is CCCCCCCCCCCCCCCCCC(C)(C)N.Cc1ccc(S(=O)(=O)O)cc1. The molecule has 0 saturated heterocycles. The van der Waals surface area contributed by atoms with Crippen molar-refractivity contribution in [2.45, 2.75) is 141 Å². The van der Waals surface area contributed by atoms with Gasteiger partial charge in [0.15, 0.2) is 0 Å². The third-order valence-electron chi connectivity index (χ3n) is 5.74. The lowest BCUT2D eigenvalue weighted by atomic mass is 9.97. The fraction of sp³-hybridized carbons (Fsp3) is 0.778. The molecule has 0 aliphatic rings. The maximum absolute atomic E-state index is 10.5. The highest BCUT2D eigenvalue weighted by Crippen LogP contribution is 2.15.